The molecule has 0 saturated heterocycles. The van der Waals surface area contributed by atoms with Gasteiger partial charge in [-0.05, 0) is 12.2 Å². The Morgan fingerprint density at radius 3 is 2.88 bits per heavy atom. The van der Waals surface area contributed by atoms with Crippen molar-refractivity contribution in [2.45, 2.75) is 0 Å². The molecule has 0 fully saturated rings. The van der Waals surface area contributed by atoms with Gasteiger partial charge in [0.25, 0.3) is 0 Å². The van der Waals surface area contributed by atoms with E-state index in [1.807, 2.05) is 30.4 Å². The summed E-state index contributed by atoms with van der Waals surface area (Å²) in [5.74, 6) is 0. The summed E-state index contributed by atoms with van der Waals surface area (Å²) in [5, 5.41) is 2.75. The highest BCUT2D eigenvalue weighted by Gasteiger charge is 1.96. The molecule has 0 spiro atoms. The maximum atomic E-state index is 4.13. The molecule has 1 rings (SSSR count). The zero-order chi connectivity index (χ0) is 5.98. The van der Waals surface area contributed by atoms with Gasteiger partial charge in [0.2, 0.25) is 0 Å². The number of thiol groups is 1. The molecule has 3 heteroatoms. The van der Waals surface area contributed by atoms with Crippen LogP contribution in [0.1, 0.15) is 0 Å². The van der Waals surface area contributed by atoms with Crippen molar-refractivity contribution in [3.63, 3.8) is 0 Å². The fraction of sp³-hybridized carbons (Fsp3) is 0.200. The fourth-order valence-electron chi connectivity index (χ4n) is 0.467. The van der Waals surface area contributed by atoms with E-state index in [1.54, 1.807) is 0 Å². The lowest BCUT2D eigenvalue weighted by Gasteiger charge is -2.20. The molecule has 0 atom stereocenters. The summed E-state index contributed by atoms with van der Waals surface area (Å²) in [6, 6.07) is 0. The van der Waals surface area contributed by atoms with Crippen LogP contribution in [0.4, 0.5) is 0 Å². The van der Waals surface area contributed by atoms with Crippen LogP contribution >= 0.6 is 12.6 Å². The molecule has 0 unspecified atom stereocenters. The molecule has 1 aliphatic rings. The summed E-state index contributed by atoms with van der Waals surface area (Å²) in [6.45, 7) is 0. The molecule has 0 radical (unpaired) electrons. The van der Waals surface area contributed by atoms with Crippen LogP contribution in [-0.4, -0.2) is 12.1 Å². The summed E-state index contributed by atoms with van der Waals surface area (Å²) in [6.07, 6.45) is 5.67. The second-order valence-corrected chi connectivity index (χ2v) is 2.03. The van der Waals surface area contributed by atoms with Crippen LogP contribution < -0.4 is 5.43 Å². The normalized spacial score (nSPS) is 17.8. The van der Waals surface area contributed by atoms with Crippen molar-refractivity contribution < 1.29 is 0 Å². The van der Waals surface area contributed by atoms with Crippen LogP contribution in [0.3, 0.4) is 0 Å². The highest BCUT2D eigenvalue weighted by atomic mass is 32.1. The van der Waals surface area contributed by atoms with E-state index < -0.39 is 0 Å². The molecule has 0 saturated carbocycles. The predicted molar refractivity (Wildman–Crippen MR) is 37.1 cm³/mol. The van der Waals surface area contributed by atoms with Gasteiger partial charge in [-0.1, -0.05) is 0 Å². The Morgan fingerprint density at radius 2 is 2.50 bits per heavy atom. The van der Waals surface area contributed by atoms with Gasteiger partial charge in [0.1, 0.15) is 0 Å². The van der Waals surface area contributed by atoms with Gasteiger partial charge in [0, 0.05) is 13.2 Å². The summed E-state index contributed by atoms with van der Waals surface area (Å²) in [5.41, 5.74) is 2.94. The molecule has 1 N–H and O–H groups in total. The summed E-state index contributed by atoms with van der Waals surface area (Å²) in [4.78, 5) is 0. The maximum Gasteiger partial charge on any atom is 0.0868 e. The molecule has 44 valence electrons. The van der Waals surface area contributed by atoms with Gasteiger partial charge in [-0.2, -0.15) is 0 Å². The van der Waals surface area contributed by atoms with E-state index in [1.165, 1.54) is 0 Å². The van der Waals surface area contributed by atoms with Crippen LogP contribution in [0.2, 0.25) is 0 Å². The molecule has 2 nitrogen and oxygen atoms in total. The monoisotopic (exact) mass is 128 g/mol. The topological polar surface area (TPSA) is 15.3 Å². The zero-order valence-electron chi connectivity index (χ0n) is 4.63. The van der Waals surface area contributed by atoms with E-state index in [0.29, 0.717) is 0 Å². The lowest BCUT2D eigenvalue weighted by molar-refractivity contribution is 0.373. The first-order chi connectivity index (χ1) is 3.80. The molecule has 8 heavy (non-hydrogen) atoms. The van der Waals surface area contributed by atoms with Gasteiger partial charge < -0.3 is 5.43 Å². The zero-order valence-corrected chi connectivity index (χ0v) is 5.52. The van der Waals surface area contributed by atoms with Gasteiger partial charge in [0.15, 0.2) is 0 Å². The van der Waals surface area contributed by atoms with Gasteiger partial charge in [-0.25, -0.2) is 0 Å². The van der Waals surface area contributed by atoms with Crippen molar-refractivity contribution >= 4 is 12.6 Å². The van der Waals surface area contributed by atoms with Crippen molar-refractivity contribution in [3.05, 3.63) is 23.4 Å². The Labute approximate surface area is 54.2 Å². The van der Waals surface area contributed by atoms with Crippen LogP contribution in [0, 0.1) is 0 Å². The van der Waals surface area contributed by atoms with Gasteiger partial charge in [0.05, 0.1) is 5.03 Å². The first-order valence-electron chi connectivity index (χ1n) is 2.36. The number of rotatable bonds is 0. The average Bonchev–Trinajstić information content (AvgIpc) is 1.77. The van der Waals surface area contributed by atoms with Crippen LogP contribution in [0.25, 0.3) is 0 Å². The van der Waals surface area contributed by atoms with Crippen molar-refractivity contribution in [2.24, 2.45) is 0 Å². The Balaban J connectivity index is 2.66. The average molecular weight is 128 g/mol. The number of nitrogens with zero attached hydrogens (tertiary/aromatic N) is 1. The summed E-state index contributed by atoms with van der Waals surface area (Å²) < 4.78 is 0. The molecule has 0 amide bonds. The van der Waals surface area contributed by atoms with E-state index in [-0.39, 0.29) is 0 Å². The number of nitrogens with one attached hydrogen (secondary N) is 1. The minimum Gasteiger partial charge on any atom is -0.305 e. The smallest absolute Gasteiger partial charge is 0.0868 e. The van der Waals surface area contributed by atoms with Crippen molar-refractivity contribution in [1.29, 1.82) is 0 Å². The third kappa shape index (κ3) is 0.980. The SMILES string of the molecule is CN1NC=CC=C1S. The first-order valence-corrected chi connectivity index (χ1v) is 2.81. The second-order valence-electron chi connectivity index (χ2n) is 1.57. The Hall–Kier alpha value is -0.570. The minimum atomic E-state index is 0.924. The van der Waals surface area contributed by atoms with E-state index in [2.05, 4.69) is 18.1 Å². The summed E-state index contributed by atoms with van der Waals surface area (Å²) >= 11 is 4.13. The largest absolute Gasteiger partial charge is 0.305 e. The highest BCUT2D eigenvalue weighted by molar-refractivity contribution is 7.84. The Morgan fingerprint density at radius 1 is 1.75 bits per heavy atom. The van der Waals surface area contributed by atoms with Crippen molar-refractivity contribution in [3.8, 4) is 0 Å². The number of hydrazine groups is 1. The molecule has 0 aromatic heterocycles. The Kier molecular flexibility index (Phi) is 1.48. The lowest BCUT2D eigenvalue weighted by atomic mass is 10.5. The lowest BCUT2D eigenvalue weighted by Crippen LogP contribution is -2.28. The first kappa shape index (κ1) is 5.56. The predicted octanol–water partition coefficient (Wildman–Crippen LogP) is 0.721. The number of hydrogen-bond acceptors (Lipinski definition) is 3. The fourth-order valence-corrected chi connectivity index (χ4v) is 0.611. The maximum absolute atomic E-state index is 4.13. The van der Waals surface area contributed by atoms with Crippen LogP contribution in [0.5, 0.6) is 0 Å². The highest BCUT2D eigenvalue weighted by Crippen LogP contribution is 2.05. The van der Waals surface area contributed by atoms with Gasteiger partial charge >= 0.3 is 0 Å². The van der Waals surface area contributed by atoms with Crippen LogP contribution in [0.15, 0.2) is 23.4 Å². The minimum absolute atomic E-state index is 0.924. The van der Waals surface area contributed by atoms with E-state index in [0.717, 1.165) is 5.03 Å². The van der Waals surface area contributed by atoms with E-state index in [9.17, 15) is 0 Å². The van der Waals surface area contributed by atoms with Gasteiger partial charge in [-0.15, -0.1) is 12.6 Å². The molecule has 0 aromatic carbocycles. The van der Waals surface area contributed by atoms with Gasteiger partial charge in [-0.3, -0.25) is 5.01 Å². The van der Waals surface area contributed by atoms with Crippen molar-refractivity contribution in [2.75, 3.05) is 7.05 Å². The molecular weight excluding hydrogens is 120 g/mol. The Bertz CT molecular complexity index is 139. The molecule has 0 aromatic rings. The molecule has 1 heterocycles. The van der Waals surface area contributed by atoms with E-state index in [4.69, 9.17) is 0 Å². The molecule has 1 aliphatic heterocycles. The number of allylic oxidation sites excluding steroid dienone is 2. The summed E-state index contributed by atoms with van der Waals surface area (Å²) in [7, 11) is 1.91. The standard InChI is InChI=1S/C5H8N2S/c1-7-5(8)3-2-4-6-7/h2-4,6,8H,1H3. The molecule has 0 bridgehead atoms. The third-order valence-electron chi connectivity index (χ3n) is 0.953. The molecular formula is C5H8N2S. The number of hydrogen-bond donors (Lipinski definition) is 2. The van der Waals surface area contributed by atoms with E-state index >= 15 is 0 Å². The van der Waals surface area contributed by atoms with Crippen molar-refractivity contribution in [1.82, 2.24) is 10.4 Å². The second kappa shape index (κ2) is 2.13. The quantitative estimate of drug-likeness (QED) is 0.467. The molecule has 0 aliphatic carbocycles. The third-order valence-corrected chi connectivity index (χ3v) is 1.40. The van der Waals surface area contributed by atoms with Crippen LogP contribution in [-0.2, 0) is 0 Å².